The predicted molar refractivity (Wildman–Crippen MR) is 98.0 cm³/mol. The van der Waals surface area contributed by atoms with Crippen LogP contribution in [0.1, 0.15) is 23.4 Å². The summed E-state index contributed by atoms with van der Waals surface area (Å²) in [7, 11) is -1.81. The summed E-state index contributed by atoms with van der Waals surface area (Å²) < 4.78 is 28.1. The zero-order chi connectivity index (χ0) is 17.9. The lowest BCUT2D eigenvalue weighted by Gasteiger charge is -2.17. The Kier molecular flexibility index (Phi) is 6.31. The first-order valence-corrected chi connectivity index (χ1v) is 9.94. The molecule has 0 spiro atoms. The largest absolute Gasteiger partial charge is 0.270 e. The van der Waals surface area contributed by atoms with Crippen molar-refractivity contribution in [1.82, 2.24) is 14.1 Å². The number of sulfonamides is 1. The summed E-state index contributed by atoms with van der Waals surface area (Å²) in [6.07, 6.45) is 0.694. The molecule has 132 valence electrons. The van der Waals surface area contributed by atoms with E-state index in [1.54, 1.807) is 25.2 Å². The molecule has 0 atom stereocenters. The van der Waals surface area contributed by atoms with E-state index in [0.717, 1.165) is 11.4 Å². The Labute approximate surface area is 153 Å². The van der Waals surface area contributed by atoms with Crippen molar-refractivity contribution in [2.45, 2.75) is 32.6 Å². The van der Waals surface area contributed by atoms with Crippen LogP contribution in [0.15, 0.2) is 24.3 Å². The summed E-state index contributed by atoms with van der Waals surface area (Å²) in [5, 5.41) is 5.15. The molecule has 8 heteroatoms. The highest BCUT2D eigenvalue weighted by Crippen LogP contribution is 2.24. The molecule has 2 rings (SSSR count). The topological polar surface area (TPSA) is 55.2 Å². The summed E-state index contributed by atoms with van der Waals surface area (Å²) in [5.41, 5.74) is 2.66. The minimum Gasteiger partial charge on any atom is -0.270 e. The Balaban J connectivity index is 1.93. The van der Waals surface area contributed by atoms with Crippen LogP contribution in [-0.4, -0.2) is 36.1 Å². The van der Waals surface area contributed by atoms with E-state index in [4.69, 9.17) is 23.2 Å². The fourth-order valence-corrected chi connectivity index (χ4v) is 3.98. The first kappa shape index (κ1) is 19.2. The van der Waals surface area contributed by atoms with E-state index in [-0.39, 0.29) is 5.75 Å². The lowest BCUT2D eigenvalue weighted by Crippen LogP contribution is -2.29. The molecule has 1 aromatic heterocycles. The monoisotopic (exact) mass is 389 g/mol. The van der Waals surface area contributed by atoms with E-state index in [1.807, 2.05) is 24.6 Å². The van der Waals surface area contributed by atoms with Crippen LogP contribution in [0.4, 0.5) is 0 Å². The smallest absolute Gasteiger partial charge is 0.218 e. The number of aromatic nitrogens is 2. The number of hydrogen-bond donors (Lipinski definition) is 0. The maximum Gasteiger partial charge on any atom is 0.218 e. The third-order valence-electron chi connectivity index (χ3n) is 3.75. The van der Waals surface area contributed by atoms with Crippen molar-refractivity contribution < 1.29 is 8.42 Å². The molecule has 2 aromatic rings. The second kappa shape index (κ2) is 7.87. The maximum atomic E-state index is 12.4. The fourth-order valence-electron chi connectivity index (χ4n) is 2.43. The average molecular weight is 390 g/mol. The molecule has 0 bridgehead atoms. The molecule has 0 radical (unpaired) electrons. The van der Waals surface area contributed by atoms with Crippen molar-refractivity contribution in [3.63, 3.8) is 0 Å². The van der Waals surface area contributed by atoms with Crippen LogP contribution in [0, 0.1) is 13.8 Å². The van der Waals surface area contributed by atoms with Gasteiger partial charge >= 0.3 is 0 Å². The summed E-state index contributed by atoms with van der Waals surface area (Å²) in [5.74, 6) is -0.0969. The molecular weight excluding hydrogens is 369 g/mol. The molecular formula is C16H21Cl2N3O2S. The molecule has 0 amide bonds. The molecule has 0 unspecified atom stereocenters. The van der Waals surface area contributed by atoms with Crippen LogP contribution in [0.2, 0.25) is 10.0 Å². The SMILES string of the molecule is Cc1cc(C)n(CCCN(C)S(=O)(=O)Cc2ccc(Cl)c(Cl)c2)n1. The van der Waals surface area contributed by atoms with Gasteiger partial charge in [-0.3, -0.25) is 4.68 Å². The van der Waals surface area contributed by atoms with Gasteiger partial charge in [0.2, 0.25) is 10.0 Å². The Hall–Kier alpha value is -1.08. The summed E-state index contributed by atoms with van der Waals surface area (Å²) in [4.78, 5) is 0. The summed E-state index contributed by atoms with van der Waals surface area (Å²) in [6, 6.07) is 6.88. The van der Waals surface area contributed by atoms with Gasteiger partial charge < -0.3 is 0 Å². The van der Waals surface area contributed by atoms with Gasteiger partial charge in [-0.15, -0.1) is 0 Å². The van der Waals surface area contributed by atoms with E-state index < -0.39 is 10.0 Å². The van der Waals surface area contributed by atoms with Gasteiger partial charge in [-0.05, 0) is 44.0 Å². The highest BCUT2D eigenvalue weighted by molar-refractivity contribution is 7.88. The normalized spacial score (nSPS) is 12.1. The Bertz CT molecular complexity index is 819. The molecule has 5 nitrogen and oxygen atoms in total. The zero-order valence-corrected chi connectivity index (χ0v) is 16.3. The summed E-state index contributed by atoms with van der Waals surface area (Å²) in [6.45, 7) is 5.05. The van der Waals surface area contributed by atoms with Gasteiger partial charge in [0, 0.05) is 25.8 Å². The minimum absolute atomic E-state index is 0.0969. The second-order valence-corrected chi connectivity index (χ2v) is 8.72. The molecule has 0 fully saturated rings. The molecule has 0 N–H and O–H groups in total. The Morgan fingerprint density at radius 1 is 1.17 bits per heavy atom. The Morgan fingerprint density at radius 3 is 2.46 bits per heavy atom. The van der Waals surface area contributed by atoms with Crippen molar-refractivity contribution in [2.75, 3.05) is 13.6 Å². The molecule has 0 aliphatic rings. The van der Waals surface area contributed by atoms with Gasteiger partial charge in [-0.2, -0.15) is 5.10 Å². The molecule has 1 heterocycles. The highest BCUT2D eigenvalue weighted by atomic mass is 35.5. The molecule has 0 aliphatic heterocycles. The van der Waals surface area contributed by atoms with Gasteiger partial charge in [0.05, 0.1) is 21.5 Å². The number of rotatable bonds is 7. The molecule has 0 saturated carbocycles. The molecule has 24 heavy (non-hydrogen) atoms. The van der Waals surface area contributed by atoms with Crippen molar-refractivity contribution in [1.29, 1.82) is 0 Å². The van der Waals surface area contributed by atoms with Crippen LogP contribution in [-0.2, 0) is 22.3 Å². The highest BCUT2D eigenvalue weighted by Gasteiger charge is 2.18. The zero-order valence-electron chi connectivity index (χ0n) is 14.0. The Morgan fingerprint density at radius 2 is 1.88 bits per heavy atom. The van der Waals surface area contributed by atoms with E-state index >= 15 is 0 Å². The second-order valence-electron chi connectivity index (χ2n) is 5.83. The first-order valence-electron chi connectivity index (χ1n) is 7.58. The van der Waals surface area contributed by atoms with Crippen LogP contribution in [0.5, 0.6) is 0 Å². The number of halogens is 2. The minimum atomic E-state index is -3.40. The molecule has 0 saturated heterocycles. The fraction of sp³-hybridized carbons (Fsp3) is 0.438. The quantitative estimate of drug-likeness (QED) is 0.725. The maximum absolute atomic E-state index is 12.4. The van der Waals surface area contributed by atoms with Gasteiger partial charge in [0.1, 0.15) is 0 Å². The summed E-state index contributed by atoms with van der Waals surface area (Å²) >= 11 is 11.8. The van der Waals surface area contributed by atoms with E-state index in [2.05, 4.69) is 5.10 Å². The predicted octanol–water partition coefficient (Wildman–Crippen LogP) is 3.66. The number of nitrogens with zero attached hydrogens (tertiary/aromatic N) is 3. The van der Waals surface area contributed by atoms with Crippen molar-refractivity contribution in [2.24, 2.45) is 0 Å². The number of hydrogen-bond acceptors (Lipinski definition) is 3. The first-order chi connectivity index (χ1) is 11.2. The van der Waals surface area contributed by atoms with Crippen LogP contribution < -0.4 is 0 Å². The number of aryl methyl sites for hydroxylation is 3. The number of benzene rings is 1. The van der Waals surface area contributed by atoms with Gasteiger partial charge in [0.25, 0.3) is 0 Å². The lowest BCUT2D eigenvalue weighted by atomic mass is 10.2. The van der Waals surface area contributed by atoms with Crippen molar-refractivity contribution in [3.8, 4) is 0 Å². The van der Waals surface area contributed by atoms with Crippen molar-refractivity contribution in [3.05, 3.63) is 51.3 Å². The lowest BCUT2D eigenvalue weighted by molar-refractivity contribution is 0.435. The van der Waals surface area contributed by atoms with E-state index in [1.165, 1.54) is 4.31 Å². The third-order valence-corrected chi connectivity index (χ3v) is 6.32. The van der Waals surface area contributed by atoms with Gasteiger partial charge in [0.15, 0.2) is 0 Å². The average Bonchev–Trinajstić information content (AvgIpc) is 2.80. The van der Waals surface area contributed by atoms with Gasteiger partial charge in [-0.25, -0.2) is 12.7 Å². The van der Waals surface area contributed by atoms with Crippen molar-refractivity contribution >= 4 is 33.2 Å². The van der Waals surface area contributed by atoms with Crippen LogP contribution in [0.3, 0.4) is 0 Å². The molecule has 1 aromatic carbocycles. The van der Waals surface area contributed by atoms with E-state index in [0.29, 0.717) is 35.1 Å². The van der Waals surface area contributed by atoms with Crippen LogP contribution in [0.25, 0.3) is 0 Å². The standard InChI is InChI=1S/C16H21Cl2N3O2S/c1-12-9-13(2)21(19-12)8-4-7-20(3)24(22,23)11-14-5-6-15(17)16(18)10-14/h5-6,9-10H,4,7-8,11H2,1-3H3. The van der Waals surface area contributed by atoms with Gasteiger partial charge in [-0.1, -0.05) is 29.3 Å². The van der Waals surface area contributed by atoms with E-state index in [9.17, 15) is 8.42 Å². The molecule has 0 aliphatic carbocycles. The third kappa shape index (κ3) is 4.96. The van der Waals surface area contributed by atoms with Crippen LogP contribution >= 0.6 is 23.2 Å².